The molecule has 0 spiro atoms. The summed E-state index contributed by atoms with van der Waals surface area (Å²) in [6.45, 7) is 5.99. The average molecular weight is 1800 g/mol. The van der Waals surface area contributed by atoms with Gasteiger partial charge in [0.15, 0.2) is 46.0 Å². The molecule has 0 unspecified atom stereocenters. The molecule has 21 rings (SSSR count). The van der Waals surface area contributed by atoms with E-state index in [0.29, 0.717) is 72.4 Å². The highest BCUT2D eigenvalue weighted by atomic mass is 16.5. The summed E-state index contributed by atoms with van der Waals surface area (Å²) >= 11 is 0. The predicted molar refractivity (Wildman–Crippen MR) is 560 cm³/mol. The molecule has 0 aliphatic carbocycles. The molecule has 16 heteroatoms. The first-order chi connectivity index (χ1) is 67.3. The molecule has 16 nitrogen and oxygen atoms in total. The largest absolute Gasteiger partial charge is 0.493 e. The van der Waals surface area contributed by atoms with Crippen molar-refractivity contribution >= 4 is 134 Å². The first-order valence-electron chi connectivity index (χ1n) is 48.6. The first-order valence-corrected chi connectivity index (χ1v) is 48.6. The Balaban J connectivity index is 0.610. The minimum absolute atomic E-state index is 0.543. The van der Waals surface area contributed by atoms with Gasteiger partial charge in [-0.3, -0.25) is 0 Å². The summed E-state index contributed by atoms with van der Waals surface area (Å²) in [5.41, 5.74) is 23.4. The summed E-state index contributed by atoms with van der Waals surface area (Å²) in [6, 6.07) is 104. The second-order valence-electron chi connectivity index (χ2n) is 35.8. The van der Waals surface area contributed by atoms with Gasteiger partial charge >= 0.3 is 0 Å². The molecule has 8 bridgehead atoms. The molecule has 2 N–H and O–H groups in total. The van der Waals surface area contributed by atoms with Crippen LogP contribution in [0.3, 0.4) is 0 Å². The lowest BCUT2D eigenvalue weighted by Gasteiger charge is -2.14. The van der Waals surface area contributed by atoms with E-state index in [9.17, 15) is 0 Å². The van der Waals surface area contributed by atoms with E-state index < -0.39 is 0 Å². The zero-order chi connectivity index (χ0) is 91.6. The van der Waals surface area contributed by atoms with E-state index in [4.69, 9.17) is 47.9 Å². The van der Waals surface area contributed by atoms with Crippen LogP contribution in [0.1, 0.15) is 126 Å². The highest BCUT2D eigenvalue weighted by Gasteiger charge is 2.25. The Kier molecular flexibility index (Phi) is 25.9. The number of hydrogen-bond acceptors (Lipinski definition) is 10. The van der Waals surface area contributed by atoms with Gasteiger partial charge in [0, 0.05) is 158 Å². The predicted octanol–water partition coefficient (Wildman–Crippen LogP) is 30.3. The minimum Gasteiger partial charge on any atom is -0.493 e. The molecule has 0 saturated heterocycles. The molecule has 0 atom stereocenters. The fourth-order valence-corrected chi connectivity index (χ4v) is 20.8. The van der Waals surface area contributed by atoms with Crippen molar-refractivity contribution in [3.63, 3.8) is 0 Å². The fourth-order valence-electron chi connectivity index (χ4n) is 20.8. The molecule has 19 aromatic rings. The van der Waals surface area contributed by atoms with Gasteiger partial charge in [-0.2, -0.15) is 0 Å². The number of aromatic nitrogens is 8. The number of nitrogens with one attached hydrogen (secondary N) is 2. The van der Waals surface area contributed by atoms with Crippen molar-refractivity contribution in [2.45, 2.75) is 129 Å². The molecule has 682 valence electrons. The summed E-state index contributed by atoms with van der Waals surface area (Å²) < 4.78 is 61.9. The van der Waals surface area contributed by atoms with E-state index in [0.717, 1.165) is 218 Å². The van der Waals surface area contributed by atoms with Crippen LogP contribution in [0.15, 0.2) is 291 Å². The van der Waals surface area contributed by atoms with Gasteiger partial charge in [-0.05, 0) is 219 Å². The van der Waals surface area contributed by atoms with Crippen LogP contribution in [0.5, 0.6) is 46.0 Å². The standard InChI is InChI=1S/C120H114N8O8/c1-129-113-77-81(53-65-109(113)133-73-33-9-5-29-69-125-101-45-21-13-37-85(101)86-38-14-22-46-102(86)125)117-93-57-59-95(121-93)118(82-54-66-110(114(78-82)130-2)134-74-34-10-6-30-70-126-103-47-23-15-39-87(103)88-40-16-24-48-104(88)126)97-61-63-99(123-97)120(84-56-68-112(116(80-84)132-4)136-76-36-12-8-32-72-128-107-51-27-19-43-91(107)92-44-20-28-52-108(92)128)100-64-62-98(124-100)119(96-60-58-94(117)122-96)83-55-67-111(115(79-83)131-3)135-75-35-11-7-31-71-127-105-49-25-17-41-89(105)90-42-18-26-50-106(90)127/h13-28,37-68,77-80,121,124H,5-12,29-36,69-76H2,1-4H3. The number of aryl methyl sites for hydroxylation is 4. The minimum atomic E-state index is 0.543. The zero-order valence-electron chi connectivity index (χ0n) is 77.9. The SMILES string of the molecule is COc1cc(-c2c3nc(c(-c4ccc(OCCCCCCn5c6ccccc6c6ccccc65)c(OC)c4)c4ccc([nH]4)c(-c4ccc(OCCCCCCn5c6ccccc6c6ccccc65)c(OC)c4)c4nc(c(-c5ccc(OCCCCCCn6c7ccccc7c7ccccc76)c(OC)c5)c5ccc2[nH]5)C=C4)C=C3)ccc1OCCCCCCn1c2ccccc2c2ccccc21. The second kappa shape index (κ2) is 40.3. The summed E-state index contributed by atoms with van der Waals surface area (Å²) in [4.78, 5) is 19.6. The molecule has 0 saturated carbocycles. The normalized spacial score (nSPS) is 12.0. The Morgan fingerprint density at radius 1 is 0.206 bits per heavy atom. The third-order valence-corrected chi connectivity index (χ3v) is 27.4. The smallest absolute Gasteiger partial charge is 0.161 e. The molecule has 136 heavy (non-hydrogen) atoms. The Morgan fingerprint density at radius 3 is 0.596 bits per heavy atom. The van der Waals surface area contributed by atoms with Gasteiger partial charge in [0.05, 0.1) is 77.6 Å². The number of fused-ring (bicyclic) bond motifs is 20. The van der Waals surface area contributed by atoms with E-state index in [1.54, 1.807) is 28.4 Å². The topological polar surface area (TPSA) is 151 Å². The second-order valence-corrected chi connectivity index (χ2v) is 35.8. The van der Waals surface area contributed by atoms with Crippen LogP contribution in [0.2, 0.25) is 0 Å². The lowest BCUT2D eigenvalue weighted by atomic mass is 10.0. The van der Waals surface area contributed by atoms with Crippen molar-refractivity contribution in [2.24, 2.45) is 0 Å². The molecule has 7 aromatic heterocycles. The number of benzene rings is 12. The Morgan fingerprint density at radius 2 is 0.397 bits per heavy atom. The van der Waals surface area contributed by atoms with Crippen LogP contribution < -0.4 is 37.9 Å². The van der Waals surface area contributed by atoms with Crippen molar-refractivity contribution in [1.82, 2.24) is 38.2 Å². The van der Waals surface area contributed by atoms with Crippen LogP contribution in [0.4, 0.5) is 0 Å². The number of rotatable bonds is 40. The number of ether oxygens (including phenoxy) is 8. The van der Waals surface area contributed by atoms with Gasteiger partial charge in [0.2, 0.25) is 0 Å². The summed E-state index contributed by atoms with van der Waals surface area (Å²) in [5, 5.41) is 10.4. The maximum atomic E-state index is 6.68. The van der Waals surface area contributed by atoms with Crippen LogP contribution in [0.25, 0.3) is 178 Å². The first kappa shape index (κ1) is 87.5. The van der Waals surface area contributed by atoms with Gasteiger partial charge in [-0.25, -0.2) is 9.97 Å². The van der Waals surface area contributed by atoms with Crippen LogP contribution in [-0.4, -0.2) is 93.1 Å². The van der Waals surface area contributed by atoms with Gasteiger partial charge in [-0.15, -0.1) is 0 Å². The fraction of sp³-hybridized carbons (Fsp3) is 0.233. The van der Waals surface area contributed by atoms with Crippen molar-refractivity contribution in [2.75, 3.05) is 54.9 Å². The Bertz CT molecular complexity index is 6750. The van der Waals surface area contributed by atoms with Crippen molar-refractivity contribution in [1.29, 1.82) is 0 Å². The van der Waals surface area contributed by atoms with Crippen LogP contribution in [0, 0.1) is 0 Å². The quantitative estimate of drug-likeness (QED) is 0.0355. The van der Waals surface area contributed by atoms with E-state index in [1.807, 2.05) is 24.3 Å². The third kappa shape index (κ3) is 17.8. The summed E-state index contributed by atoms with van der Waals surface area (Å²) in [6.07, 6.45) is 24.8. The summed E-state index contributed by atoms with van der Waals surface area (Å²) in [7, 11) is 6.86. The van der Waals surface area contributed by atoms with E-state index in [2.05, 4.69) is 319 Å². The third-order valence-electron chi connectivity index (χ3n) is 27.4. The molecule has 2 aliphatic heterocycles. The highest BCUT2D eigenvalue weighted by molar-refractivity contribution is 6.11. The number of unbranched alkanes of at least 4 members (excludes halogenated alkanes) is 12. The van der Waals surface area contributed by atoms with Gasteiger partial charge in [-0.1, -0.05) is 221 Å². The van der Waals surface area contributed by atoms with Crippen molar-refractivity contribution in [3.8, 4) is 90.5 Å². The molecular formula is C120H114N8O8. The molecule has 9 heterocycles. The van der Waals surface area contributed by atoms with Gasteiger partial charge in [0.25, 0.3) is 0 Å². The van der Waals surface area contributed by atoms with Gasteiger partial charge in [0.1, 0.15) is 0 Å². The summed E-state index contributed by atoms with van der Waals surface area (Å²) in [5.74, 6) is 5.14. The number of H-pyrrole nitrogens is 2. The number of nitrogens with zero attached hydrogens (tertiary/aromatic N) is 6. The monoisotopic (exact) mass is 1790 g/mol. The average Bonchev–Trinajstić information content (AvgIpc) is 1.60. The maximum absolute atomic E-state index is 6.68. The number of methoxy groups -OCH3 is 4. The van der Waals surface area contributed by atoms with Crippen molar-refractivity contribution in [3.05, 3.63) is 314 Å². The zero-order valence-corrected chi connectivity index (χ0v) is 77.9. The van der Waals surface area contributed by atoms with E-state index in [1.165, 1.54) is 87.2 Å². The number of para-hydroxylation sites is 8. The molecule has 0 radical (unpaired) electrons. The van der Waals surface area contributed by atoms with Gasteiger partial charge < -0.3 is 66.1 Å². The van der Waals surface area contributed by atoms with Crippen LogP contribution >= 0.6 is 0 Å². The van der Waals surface area contributed by atoms with Crippen LogP contribution in [-0.2, 0) is 26.2 Å². The molecule has 12 aromatic carbocycles. The lowest BCUT2D eigenvalue weighted by molar-refractivity contribution is 0.284. The molecule has 0 amide bonds. The van der Waals surface area contributed by atoms with Crippen molar-refractivity contribution < 1.29 is 37.9 Å². The van der Waals surface area contributed by atoms with E-state index >= 15 is 0 Å². The Labute approximate surface area is 793 Å². The Hall–Kier alpha value is -15.2. The number of hydrogen-bond donors (Lipinski definition) is 2. The number of aromatic amines is 2. The highest BCUT2D eigenvalue weighted by Crippen LogP contribution is 2.46. The molecule has 2 aliphatic rings. The van der Waals surface area contributed by atoms with E-state index in [-0.39, 0.29) is 0 Å². The molecule has 0 fully saturated rings. The molecular weight excluding hydrogens is 1680 g/mol. The maximum Gasteiger partial charge on any atom is 0.161 e. The lowest BCUT2D eigenvalue weighted by Crippen LogP contribution is -2.01.